The number of carbonyl (C=O) groups excluding carboxylic acids is 1. The summed E-state index contributed by atoms with van der Waals surface area (Å²) in [5.74, 6) is 0. The van der Waals surface area contributed by atoms with Gasteiger partial charge >= 0.3 is 6.09 Å². The largest absolute Gasteiger partial charge is 0.446 e. The van der Waals surface area contributed by atoms with Crippen LogP contribution in [0.3, 0.4) is 0 Å². The molecule has 2 N–H and O–H groups in total. The van der Waals surface area contributed by atoms with Crippen molar-refractivity contribution >= 4 is 6.09 Å². The van der Waals surface area contributed by atoms with E-state index >= 15 is 0 Å². The van der Waals surface area contributed by atoms with Crippen molar-refractivity contribution in [2.45, 2.75) is 0 Å². The highest BCUT2D eigenvalue weighted by molar-refractivity contribution is 5.66. The fraction of sp³-hybridized carbons (Fsp3) is 0.875. The molecule has 0 saturated carbocycles. The summed E-state index contributed by atoms with van der Waals surface area (Å²) in [5, 5.41) is 3.30. The summed E-state index contributed by atoms with van der Waals surface area (Å²) in [4.78, 5) is 13.3. The van der Waals surface area contributed by atoms with E-state index in [0.717, 1.165) is 0 Å². The lowest BCUT2D eigenvalue weighted by Crippen LogP contribution is -2.35. The quantitative estimate of drug-likeness (QED) is 0.188. The SMILES string of the molecule is CNNC(=O)OCCOCCOCCN=[N+]=[N-]. The van der Waals surface area contributed by atoms with Crippen molar-refractivity contribution in [3.8, 4) is 0 Å². The van der Waals surface area contributed by atoms with Crippen molar-refractivity contribution in [3.63, 3.8) is 0 Å². The molecule has 0 spiro atoms. The fourth-order valence-electron chi connectivity index (χ4n) is 0.804. The molecule has 0 bridgehead atoms. The molecule has 0 aliphatic rings. The zero-order valence-electron chi connectivity index (χ0n) is 9.72. The van der Waals surface area contributed by atoms with Crippen LogP contribution >= 0.6 is 0 Å². The van der Waals surface area contributed by atoms with E-state index in [2.05, 4.69) is 20.9 Å². The lowest BCUT2D eigenvalue weighted by atomic mass is 10.7. The van der Waals surface area contributed by atoms with Gasteiger partial charge in [0.2, 0.25) is 0 Å². The number of hydrazine groups is 1. The van der Waals surface area contributed by atoms with Crippen LogP contribution in [0.4, 0.5) is 4.79 Å². The second-order valence-electron chi connectivity index (χ2n) is 2.69. The predicted molar refractivity (Wildman–Crippen MR) is 59.2 cm³/mol. The maximum Gasteiger partial charge on any atom is 0.421 e. The van der Waals surface area contributed by atoms with Crippen LogP contribution in [0.2, 0.25) is 0 Å². The van der Waals surface area contributed by atoms with Crippen molar-refractivity contribution < 1.29 is 19.0 Å². The van der Waals surface area contributed by atoms with Gasteiger partial charge in [-0.2, -0.15) is 0 Å². The first-order valence-electron chi connectivity index (χ1n) is 5.07. The molecule has 0 aliphatic carbocycles. The number of nitrogens with one attached hydrogen (secondary N) is 2. The average molecular weight is 247 g/mol. The lowest BCUT2D eigenvalue weighted by Gasteiger charge is -2.06. The summed E-state index contributed by atoms with van der Waals surface area (Å²) in [5.41, 5.74) is 12.7. The van der Waals surface area contributed by atoms with Crippen LogP contribution in [0.5, 0.6) is 0 Å². The molecule has 0 atom stereocenters. The summed E-state index contributed by atoms with van der Waals surface area (Å²) in [7, 11) is 1.56. The zero-order chi connectivity index (χ0) is 12.8. The minimum Gasteiger partial charge on any atom is -0.446 e. The highest BCUT2D eigenvalue weighted by atomic mass is 16.6. The molecule has 0 heterocycles. The third kappa shape index (κ3) is 12.4. The van der Waals surface area contributed by atoms with Gasteiger partial charge in [0, 0.05) is 18.5 Å². The second kappa shape index (κ2) is 12.5. The number of hydrogen-bond acceptors (Lipinski definition) is 6. The Labute approximate surface area is 99.0 Å². The van der Waals surface area contributed by atoms with Crippen LogP contribution in [0.15, 0.2) is 5.11 Å². The van der Waals surface area contributed by atoms with Crippen LogP contribution < -0.4 is 10.9 Å². The molecule has 0 unspecified atom stereocenters. The molecule has 0 fully saturated rings. The third-order valence-electron chi connectivity index (χ3n) is 1.46. The summed E-state index contributed by atoms with van der Waals surface area (Å²) >= 11 is 0. The number of nitrogens with zero attached hydrogens (tertiary/aromatic N) is 3. The van der Waals surface area contributed by atoms with Crippen molar-refractivity contribution in [2.75, 3.05) is 46.6 Å². The van der Waals surface area contributed by atoms with Crippen LogP contribution in [0, 0.1) is 0 Å². The monoisotopic (exact) mass is 247 g/mol. The van der Waals surface area contributed by atoms with Crippen molar-refractivity contribution in [1.82, 2.24) is 10.9 Å². The Hall–Kier alpha value is -1.54. The van der Waals surface area contributed by atoms with Gasteiger partial charge in [0.25, 0.3) is 0 Å². The number of amides is 1. The number of ether oxygens (including phenoxy) is 3. The average Bonchev–Trinajstić information content (AvgIpc) is 2.32. The Morgan fingerprint density at radius 3 is 2.53 bits per heavy atom. The van der Waals surface area contributed by atoms with Gasteiger partial charge in [0.15, 0.2) is 0 Å². The Morgan fingerprint density at radius 1 is 1.24 bits per heavy atom. The van der Waals surface area contributed by atoms with Crippen molar-refractivity contribution in [3.05, 3.63) is 10.4 Å². The molecular formula is C8H17N5O4. The summed E-state index contributed by atoms with van der Waals surface area (Å²) in [6, 6.07) is 0. The lowest BCUT2D eigenvalue weighted by molar-refractivity contribution is 0.0297. The molecule has 9 heteroatoms. The Morgan fingerprint density at radius 2 is 1.88 bits per heavy atom. The summed E-state index contributed by atoms with van der Waals surface area (Å²) in [6.07, 6.45) is -0.554. The maximum atomic E-state index is 10.8. The number of hydrogen-bond donors (Lipinski definition) is 2. The minimum atomic E-state index is -0.554. The Kier molecular flexibility index (Phi) is 11.4. The molecule has 17 heavy (non-hydrogen) atoms. The number of carbonyl (C=O) groups is 1. The van der Waals surface area contributed by atoms with Gasteiger partial charge in [0.05, 0.1) is 26.4 Å². The van der Waals surface area contributed by atoms with E-state index in [1.807, 2.05) is 0 Å². The first-order valence-corrected chi connectivity index (χ1v) is 5.07. The van der Waals surface area contributed by atoms with Crippen LogP contribution in [0.25, 0.3) is 10.4 Å². The molecule has 0 aromatic heterocycles. The van der Waals surface area contributed by atoms with E-state index in [9.17, 15) is 4.79 Å². The highest BCUT2D eigenvalue weighted by Crippen LogP contribution is 1.82. The first-order chi connectivity index (χ1) is 8.31. The van der Waals surface area contributed by atoms with Gasteiger partial charge in [-0.05, 0) is 5.53 Å². The van der Waals surface area contributed by atoms with Crippen molar-refractivity contribution in [1.29, 1.82) is 0 Å². The highest BCUT2D eigenvalue weighted by Gasteiger charge is 1.98. The number of rotatable bonds is 10. The van der Waals surface area contributed by atoms with E-state index in [1.165, 1.54) is 0 Å². The van der Waals surface area contributed by atoms with E-state index in [0.29, 0.717) is 33.0 Å². The van der Waals surface area contributed by atoms with Crippen LogP contribution in [0.1, 0.15) is 0 Å². The van der Waals surface area contributed by atoms with E-state index < -0.39 is 6.09 Å². The molecule has 0 aromatic rings. The Balaban J connectivity index is 3.08. The molecule has 9 nitrogen and oxygen atoms in total. The smallest absolute Gasteiger partial charge is 0.421 e. The summed E-state index contributed by atoms with van der Waals surface area (Å²) in [6.45, 7) is 1.96. The molecule has 0 aromatic carbocycles. The zero-order valence-corrected chi connectivity index (χ0v) is 9.72. The predicted octanol–water partition coefficient (Wildman–Crippen LogP) is 0.190. The van der Waals surface area contributed by atoms with Gasteiger partial charge in [-0.15, -0.1) is 0 Å². The van der Waals surface area contributed by atoms with Gasteiger partial charge < -0.3 is 14.2 Å². The molecule has 0 aliphatic heterocycles. The normalized spacial score (nSPS) is 9.47. The second-order valence-corrected chi connectivity index (χ2v) is 2.69. The minimum absolute atomic E-state index is 0.173. The van der Waals surface area contributed by atoms with Gasteiger partial charge in [-0.1, -0.05) is 5.11 Å². The van der Waals surface area contributed by atoms with Crippen LogP contribution in [-0.4, -0.2) is 52.7 Å². The van der Waals surface area contributed by atoms with Gasteiger partial charge in [-0.25, -0.2) is 10.2 Å². The standard InChI is InChI=1S/C8H17N5O4/c1-10-12-8(14)17-7-6-16-5-4-15-3-2-11-13-9/h10H,2-7H2,1H3,(H,12,14). The molecule has 0 rings (SSSR count). The molecule has 0 radical (unpaired) electrons. The molecule has 98 valence electrons. The van der Waals surface area contributed by atoms with Crippen molar-refractivity contribution in [2.24, 2.45) is 5.11 Å². The number of azide groups is 1. The van der Waals surface area contributed by atoms with Gasteiger partial charge in [0.1, 0.15) is 6.61 Å². The van der Waals surface area contributed by atoms with E-state index in [1.54, 1.807) is 7.05 Å². The fourth-order valence-corrected chi connectivity index (χ4v) is 0.804. The Bertz CT molecular complexity index is 244. The molecular weight excluding hydrogens is 230 g/mol. The molecule has 1 amide bonds. The van der Waals surface area contributed by atoms with Gasteiger partial charge in [-0.3, -0.25) is 5.43 Å². The summed E-state index contributed by atoms with van der Waals surface area (Å²) < 4.78 is 14.9. The maximum absolute atomic E-state index is 10.8. The first kappa shape index (κ1) is 15.5. The van der Waals surface area contributed by atoms with E-state index in [-0.39, 0.29) is 6.61 Å². The molecule has 0 saturated heterocycles. The topological polar surface area (TPSA) is 118 Å². The third-order valence-corrected chi connectivity index (χ3v) is 1.46. The van der Waals surface area contributed by atoms with Crippen LogP contribution in [-0.2, 0) is 14.2 Å². The van der Waals surface area contributed by atoms with E-state index in [4.69, 9.17) is 19.7 Å².